The molecule has 2 atom stereocenters. The van der Waals surface area contributed by atoms with Crippen LogP contribution in [0.5, 0.6) is 0 Å². The fraction of sp³-hybridized carbons (Fsp3) is 0.391. The van der Waals surface area contributed by atoms with Gasteiger partial charge in [-0.15, -0.1) is 0 Å². The molecule has 2 N–H and O–H groups in total. The van der Waals surface area contributed by atoms with Crippen LogP contribution >= 0.6 is 0 Å². The highest BCUT2D eigenvalue weighted by Gasteiger charge is 2.31. The average molecular weight is 459 g/mol. The molecule has 2 aliphatic rings. The number of hydrogen-bond acceptors (Lipinski definition) is 6. The molecule has 3 aromatic rings. The van der Waals surface area contributed by atoms with Crippen molar-refractivity contribution < 1.29 is 17.9 Å². The number of alkyl halides is 3. The second kappa shape index (κ2) is 8.03. The first-order valence-corrected chi connectivity index (χ1v) is 10.8. The van der Waals surface area contributed by atoms with Crippen LogP contribution in [-0.2, 0) is 17.8 Å². The molecule has 2 aliphatic heterocycles. The Morgan fingerprint density at radius 2 is 1.91 bits per heavy atom. The number of hydrazine groups is 1. The molecule has 0 spiro atoms. The first-order valence-electron chi connectivity index (χ1n) is 10.8. The van der Waals surface area contributed by atoms with Crippen molar-refractivity contribution in [3.63, 3.8) is 0 Å². The number of ether oxygens (including phenoxy) is 1. The van der Waals surface area contributed by atoms with E-state index in [1.54, 1.807) is 12.1 Å². The molecule has 4 heterocycles. The van der Waals surface area contributed by atoms with Crippen LogP contribution in [-0.4, -0.2) is 41.0 Å². The molecule has 2 aromatic heterocycles. The lowest BCUT2D eigenvalue weighted by Crippen LogP contribution is -2.45. The summed E-state index contributed by atoms with van der Waals surface area (Å²) in [5.74, 6) is 0.780. The van der Waals surface area contributed by atoms with Crippen LogP contribution in [0.1, 0.15) is 19.4 Å². The summed E-state index contributed by atoms with van der Waals surface area (Å²) in [6, 6.07) is 10.8. The van der Waals surface area contributed by atoms with Crippen molar-refractivity contribution in [3.8, 4) is 11.3 Å². The van der Waals surface area contributed by atoms with Gasteiger partial charge in [0.2, 0.25) is 0 Å². The number of hydrogen-bond donors (Lipinski definition) is 2. The number of pyridine rings is 2. The van der Waals surface area contributed by atoms with Crippen LogP contribution in [0.3, 0.4) is 0 Å². The predicted octanol–water partition coefficient (Wildman–Crippen LogP) is 3.67. The Labute approximate surface area is 188 Å². The topological polar surface area (TPSA) is 71.4 Å². The van der Waals surface area contributed by atoms with Crippen molar-refractivity contribution in [2.24, 2.45) is 0 Å². The summed E-state index contributed by atoms with van der Waals surface area (Å²) < 4.78 is 46.6. The first kappa shape index (κ1) is 21.7. The fourth-order valence-electron chi connectivity index (χ4n) is 4.66. The lowest BCUT2D eigenvalue weighted by atomic mass is 10.0. The van der Waals surface area contributed by atoms with Gasteiger partial charge in [0.1, 0.15) is 12.4 Å². The standard InChI is InChI=1S/C23H24F3N5O2/c1-13-10-30(11-14(2)33-13)20-5-3-4-18(28-20)15-6-7-16-19(8-15)31(12-23(24,25)26)22(32)17-9-27-29-21(16)17/h3-8,13-14,27,29H,9-12H2,1-2H3. The van der Waals surface area contributed by atoms with Crippen LogP contribution in [0.2, 0.25) is 0 Å². The Bertz CT molecular complexity index is 1260. The SMILES string of the molecule is CC1CN(c2cccc(-c3ccc4c5c(c(=O)n(CC(F)(F)F)c4c3)CNN5)n2)CC(C)O1. The molecule has 1 saturated heterocycles. The van der Waals surface area contributed by atoms with Gasteiger partial charge in [-0.25, -0.2) is 10.4 Å². The van der Waals surface area contributed by atoms with Crippen molar-refractivity contribution in [3.05, 3.63) is 52.3 Å². The van der Waals surface area contributed by atoms with E-state index in [1.165, 1.54) is 0 Å². The van der Waals surface area contributed by atoms with Crippen molar-refractivity contribution in [2.75, 3.05) is 23.4 Å². The molecule has 33 heavy (non-hydrogen) atoms. The molecule has 1 fully saturated rings. The van der Waals surface area contributed by atoms with Gasteiger partial charge in [-0.3, -0.25) is 9.36 Å². The van der Waals surface area contributed by atoms with E-state index in [2.05, 4.69) is 15.8 Å². The zero-order valence-corrected chi connectivity index (χ0v) is 18.2. The van der Waals surface area contributed by atoms with Crippen molar-refractivity contribution in [1.82, 2.24) is 15.0 Å². The van der Waals surface area contributed by atoms with Gasteiger partial charge in [0.15, 0.2) is 0 Å². The summed E-state index contributed by atoms with van der Waals surface area (Å²) in [5.41, 5.74) is 7.40. The summed E-state index contributed by atoms with van der Waals surface area (Å²) in [6.45, 7) is 4.25. The molecule has 2 unspecified atom stereocenters. The van der Waals surface area contributed by atoms with Gasteiger partial charge in [-0.1, -0.05) is 18.2 Å². The van der Waals surface area contributed by atoms with Gasteiger partial charge in [0, 0.05) is 30.6 Å². The number of benzene rings is 1. The maximum Gasteiger partial charge on any atom is 0.406 e. The Hall–Kier alpha value is -3.11. The second-order valence-corrected chi connectivity index (χ2v) is 8.61. The van der Waals surface area contributed by atoms with Crippen LogP contribution in [0.4, 0.5) is 24.7 Å². The van der Waals surface area contributed by atoms with E-state index in [4.69, 9.17) is 9.72 Å². The third-order valence-corrected chi connectivity index (χ3v) is 5.95. The predicted molar refractivity (Wildman–Crippen MR) is 120 cm³/mol. The molecule has 0 amide bonds. The first-order chi connectivity index (χ1) is 15.7. The van der Waals surface area contributed by atoms with E-state index >= 15 is 0 Å². The molecule has 0 bridgehead atoms. The Morgan fingerprint density at radius 3 is 2.64 bits per heavy atom. The van der Waals surface area contributed by atoms with Crippen LogP contribution in [0.25, 0.3) is 22.2 Å². The van der Waals surface area contributed by atoms with Crippen LogP contribution in [0, 0.1) is 0 Å². The van der Waals surface area contributed by atoms with E-state index in [-0.39, 0.29) is 24.3 Å². The highest BCUT2D eigenvalue weighted by molar-refractivity contribution is 5.96. The highest BCUT2D eigenvalue weighted by atomic mass is 19.4. The minimum absolute atomic E-state index is 0.0693. The molecule has 174 valence electrons. The quantitative estimate of drug-likeness (QED) is 0.623. The molecule has 1 aromatic carbocycles. The summed E-state index contributed by atoms with van der Waals surface area (Å²) in [6.07, 6.45) is -4.39. The Balaban J connectivity index is 1.61. The second-order valence-electron chi connectivity index (χ2n) is 8.61. The minimum atomic E-state index is -4.53. The van der Waals surface area contributed by atoms with Crippen LogP contribution in [0.15, 0.2) is 41.2 Å². The Morgan fingerprint density at radius 1 is 1.15 bits per heavy atom. The largest absolute Gasteiger partial charge is 0.406 e. The van der Waals surface area contributed by atoms with E-state index < -0.39 is 18.3 Å². The normalized spacial score (nSPS) is 20.7. The number of nitrogens with one attached hydrogen (secondary N) is 2. The zero-order chi connectivity index (χ0) is 23.3. The number of anilines is 2. The van der Waals surface area contributed by atoms with Crippen molar-refractivity contribution >= 4 is 22.4 Å². The van der Waals surface area contributed by atoms with Crippen LogP contribution < -0.4 is 21.3 Å². The maximum absolute atomic E-state index is 13.3. The van der Waals surface area contributed by atoms with Gasteiger partial charge in [-0.2, -0.15) is 13.2 Å². The fourth-order valence-corrected chi connectivity index (χ4v) is 4.66. The van der Waals surface area contributed by atoms with Crippen molar-refractivity contribution in [2.45, 2.75) is 45.3 Å². The molecule has 0 saturated carbocycles. The molecule has 0 aliphatic carbocycles. The van der Waals surface area contributed by atoms with E-state index in [1.807, 2.05) is 38.1 Å². The molecule has 10 heteroatoms. The van der Waals surface area contributed by atoms with Crippen molar-refractivity contribution in [1.29, 1.82) is 0 Å². The lowest BCUT2D eigenvalue weighted by molar-refractivity contribution is -0.140. The lowest BCUT2D eigenvalue weighted by Gasteiger charge is -2.36. The number of nitrogens with zero attached hydrogens (tertiary/aromatic N) is 3. The number of rotatable bonds is 3. The highest BCUT2D eigenvalue weighted by Crippen LogP contribution is 2.32. The van der Waals surface area contributed by atoms with Gasteiger partial charge >= 0.3 is 6.18 Å². The summed E-state index contributed by atoms with van der Waals surface area (Å²) in [5, 5.41) is 0.551. The summed E-state index contributed by atoms with van der Waals surface area (Å²) >= 11 is 0. The monoisotopic (exact) mass is 459 g/mol. The molecule has 0 radical (unpaired) electrons. The number of aromatic nitrogens is 2. The summed E-state index contributed by atoms with van der Waals surface area (Å²) in [4.78, 5) is 19.8. The van der Waals surface area contributed by atoms with Gasteiger partial charge in [0.25, 0.3) is 5.56 Å². The van der Waals surface area contributed by atoms with Gasteiger partial charge in [0.05, 0.1) is 34.7 Å². The molecular weight excluding hydrogens is 435 g/mol. The number of halogens is 3. The smallest absolute Gasteiger partial charge is 0.372 e. The van der Waals surface area contributed by atoms with E-state index in [0.29, 0.717) is 41.0 Å². The summed E-state index contributed by atoms with van der Waals surface area (Å²) in [7, 11) is 0. The Kier molecular flexibility index (Phi) is 5.29. The third kappa shape index (κ3) is 4.16. The van der Waals surface area contributed by atoms with E-state index in [0.717, 1.165) is 10.4 Å². The van der Waals surface area contributed by atoms with Gasteiger partial charge < -0.3 is 15.1 Å². The minimum Gasteiger partial charge on any atom is -0.372 e. The molecule has 5 rings (SSSR count). The third-order valence-electron chi connectivity index (χ3n) is 5.95. The number of morpholine rings is 1. The molecular formula is C23H24F3N5O2. The van der Waals surface area contributed by atoms with E-state index in [9.17, 15) is 18.0 Å². The number of fused-ring (bicyclic) bond motifs is 3. The maximum atomic E-state index is 13.3. The zero-order valence-electron chi connectivity index (χ0n) is 18.2. The molecule has 7 nitrogen and oxygen atoms in total. The van der Waals surface area contributed by atoms with Gasteiger partial charge in [-0.05, 0) is 32.0 Å². The average Bonchev–Trinajstić information content (AvgIpc) is 3.25.